The van der Waals surface area contributed by atoms with E-state index in [0.29, 0.717) is 13.0 Å². The molecule has 5 heteroatoms. The Morgan fingerprint density at radius 1 is 1.42 bits per heavy atom. The van der Waals surface area contributed by atoms with E-state index >= 15 is 0 Å². The van der Waals surface area contributed by atoms with Crippen LogP contribution in [0, 0.1) is 5.82 Å². The fourth-order valence-corrected chi connectivity index (χ4v) is 2.11. The number of fused-ring (bicyclic) bond motifs is 1. The van der Waals surface area contributed by atoms with Crippen LogP contribution in [0.15, 0.2) is 29.1 Å². The Morgan fingerprint density at radius 3 is 2.79 bits per heavy atom. The van der Waals surface area contributed by atoms with Crippen molar-refractivity contribution in [3.05, 3.63) is 46.0 Å². The van der Waals surface area contributed by atoms with Crippen molar-refractivity contribution in [3.8, 4) is 0 Å². The van der Waals surface area contributed by atoms with Crippen LogP contribution in [0.3, 0.4) is 0 Å². The summed E-state index contributed by atoms with van der Waals surface area (Å²) in [4.78, 5) is 23.0. The number of aromatic carboxylic acids is 1. The number of unbranched alkanes of at least 4 members (excludes halogenated alkanes) is 1. The largest absolute Gasteiger partial charge is 0.477 e. The summed E-state index contributed by atoms with van der Waals surface area (Å²) in [5, 5.41) is 9.37. The fraction of sp³-hybridized carbons (Fsp3) is 0.286. The molecule has 1 heterocycles. The Hall–Kier alpha value is -2.17. The Morgan fingerprint density at radius 2 is 2.16 bits per heavy atom. The van der Waals surface area contributed by atoms with E-state index in [1.165, 1.54) is 22.8 Å². The number of carboxylic acids is 1. The van der Waals surface area contributed by atoms with Gasteiger partial charge in [0.05, 0.1) is 5.52 Å². The van der Waals surface area contributed by atoms with Crippen LogP contribution in [0.1, 0.15) is 30.3 Å². The molecule has 0 unspecified atom stereocenters. The van der Waals surface area contributed by atoms with Crippen molar-refractivity contribution in [1.29, 1.82) is 0 Å². The van der Waals surface area contributed by atoms with Gasteiger partial charge in [0, 0.05) is 18.0 Å². The van der Waals surface area contributed by atoms with Crippen molar-refractivity contribution in [2.45, 2.75) is 26.3 Å². The highest BCUT2D eigenvalue weighted by molar-refractivity contribution is 5.90. The number of carbonyl (C=O) groups is 1. The average Bonchev–Trinajstić information content (AvgIpc) is 2.38. The van der Waals surface area contributed by atoms with Crippen molar-refractivity contribution in [1.82, 2.24) is 4.57 Å². The Bertz CT molecular complexity index is 691. The Kier molecular flexibility index (Phi) is 3.64. The molecule has 0 spiro atoms. The highest BCUT2D eigenvalue weighted by atomic mass is 19.1. The third-order valence-corrected chi connectivity index (χ3v) is 3.04. The Balaban J connectivity index is 2.84. The second-order valence-electron chi connectivity index (χ2n) is 4.34. The lowest BCUT2D eigenvalue weighted by Gasteiger charge is -2.14. The van der Waals surface area contributed by atoms with Gasteiger partial charge in [0.15, 0.2) is 5.43 Å². The van der Waals surface area contributed by atoms with Crippen molar-refractivity contribution >= 4 is 16.9 Å². The van der Waals surface area contributed by atoms with Crippen molar-refractivity contribution in [2.24, 2.45) is 0 Å². The van der Waals surface area contributed by atoms with Gasteiger partial charge < -0.3 is 9.67 Å². The van der Waals surface area contributed by atoms with E-state index in [1.54, 1.807) is 0 Å². The van der Waals surface area contributed by atoms with Crippen LogP contribution in [0.4, 0.5) is 4.39 Å². The third-order valence-electron chi connectivity index (χ3n) is 3.04. The summed E-state index contributed by atoms with van der Waals surface area (Å²) >= 11 is 0. The van der Waals surface area contributed by atoms with E-state index in [1.807, 2.05) is 6.92 Å². The van der Waals surface area contributed by atoms with Gasteiger partial charge in [-0.2, -0.15) is 0 Å². The molecule has 0 fully saturated rings. The molecule has 4 nitrogen and oxygen atoms in total. The van der Waals surface area contributed by atoms with Gasteiger partial charge in [-0.25, -0.2) is 9.18 Å². The maximum Gasteiger partial charge on any atom is 0.352 e. The topological polar surface area (TPSA) is 59.3 Å². The standard InChI is InChI=1S/C14H14FNO3/c1-2-3-7-16-11(14(18)19)8-12(17)9-5-4-6-10(15)13(9)16/h4-6,8H,2-3,7H2,1H3,(H,18,19). The first kappa shape index (κ1) is 13.3. The molecule has 0 aliphatic carbocycles. The van der Waals surface area contributed by atoms with Crippen molar-refractivity contribution < 1.29 is 14.3 Å². The smallest absolute Gasteiger partial charge is 0.352 e. The first-order chi connectivity index (χ1) is 9.06. The minimum Gasteiger partial charge on any atom is -0.477 e. The first-order valence-electron chi connectivity index (χ1n) is 6.11. The van der Waals surface area contributed by atoms with E-state index in [2.05, 4.69) is 0 Å². The lowest BCUT2D eigenvalue weighted by atomic mass is 10.1. The minimum absolute atomic E-state index is 0.0702. The number of hydrogen-bond acceptors (Lipinski definition) is 2. The zero-order valence-electron chi connectivity index (χ0n) is 10.5. The lowest BCUT2D eigenvalue weighted by molar-refractivity contribution is 0.0684. The summed E-state index contributed by atoms with van der Waals surface area (Å²) in [5.41, 5.74) is -0.573. The van der Waals surface area contributed by atoms with Crippen LogP contribution in [-0.2, 0) is 6.54 Å². The van der Waals surface area contributed by atoms with Gasteiger partial charge in [0.1, 0.15) is 11.5 Å². The molecular weight excluding hydrogens is 249 g/mol. The zero-order chi connectivity index (χ0) is 14.0. The number of rotatable bonds is 4. The molecule has 0 amide bonds. The zero-order valence-corrected chi connectivity index (χ0v) is 10.5. The molecule has 1 aromatic carbocycles. The van der Waals surface area contributed by atoms with Crippen LogP contribution in [0.5, 0.6) is 0 Å². The summed E-state index contributed by atoms with van der Waals surface area (Å²) in [5.74, 6) is -1.80. The normalized spacial score (nSPS) is 10.8. The number of hydrogen-bond donors (Lipinski definition) is 1. The van der Waals surface area contributed by atoms with Crippen LogP contribution in [0.2, 0.25) is 0 Å². The maximum atomic E-state index is 13.9. The number of pyridine rings is 1. The molecule has 100 valence electrons. The average molecular weight is 263 g/mol. The first-order valence-corrected chi connectivity index (χ1v) is 6.11. The molecule has 0 saturated carbocycles. The molecule has 1 N–H and O–H groups in total. The predicted molar refractivity (Wildman–Crippen MR) is 70.0 cm³/mol. The summed E-state index contributed by atoms with van der Waals surface area (Å²) in [7, 11) is 0. The van der Waals surface area contributed by atoms with Gasteiger partial charge in [-0.3, -0.25) is 4.79 Å². The summed E-state index contributed by atoms with van der Waals surface area (Å²) in [6.07, 6.45) is 1.56. The molecular formula is C14H14FNO3. The third kappa shape index (κ3) is 2.36. The van der Waals surface area contributed by atoms with E-state index in [4.69, 9.17) is 5.11 Å². The van der Waals surface area contributed by atoms with Gasteiger partial charge in [-0.1, -0.05) is 19.4 Å². The van der Waals surface area contributed by atoms with Crippen LogP contribution in [-0.4, -0.2) is 15.6 Å². The highest BCUT2D eigenvalue weighted by Crippen LogP contribution is 2.18. The molecule has 0 bridgehead atoms. The monoisotopic (exact) mass is 263 g/mol. The van der Waals surface area contributed by atoms with Gasteiger partial charge in [0.2, 0.25) is 0 Å². The van der Waals surface area contributed by atoms with Gasteiger partial charge in [-0.15, -0.1) is 0 Å². The van der Waals surface area contributed by atoms with E-state index in [0.717, 1.165) is 12.5 Å². The fourth-order valence-electron chi connectivity index (χ4n) is 2.11. The summed E-state index contributed by atoms with van der Waals surface area (Å²) < 4.78 is 15.3. The molecule has 2 rings (SSSR count). The number of aromatic nitrogens is 1. The number of para-hydroxylation sites is 1. The highest BCUT2D eigenvalue weighted by Gasteiger charge is 2.16. The minimum atomic E-state index is -1.22. The second kappa shape index (κ2) is 5.22. The van der Waals surface area contributed by atoms with Gasteiger partial charge in [0.25, 0.3) is 0 Å². The molecule has 0 atom stereocenters. The molecule has 0 aliphatic heterocycles. The molecule has 2 aromatic rings. The molecule has 0 saturated heterocycles. The quantitative estimate of drug-likeness (QED) is 0.922. The molecule has 0 aliphatic rings. The number of halogens is 1. The van der Waals surface area contributed by atoms with Gasteiger partial charge in [-0.05, 0) is 18.6 Å². The molecule has 0 radical (unpaired) electrons. The summed E-state index contributed by atoms with van der Waals surface area (Å²) in [6, 6.07) is 5.24. The number of benzene rings is 1. The van der Waals surface area contributed by atoms with Crippen LogP contribution >= 0.6 is 0 Å². The Labute approximate surface area is 109 Å². The van der Waals surface area contributed by atoms with Gasteiger partial charge >= 0.3 is 5.97 Å². The molecule has 1 aromatic heterocycles. The van der Waals surface area contributed by atoms with E-state index < -0.39 is 17.2 Å². The van der Waals surface area contributed by atoms with Crippen molar-refractivity contribution in [3.63, 3.8) is 0 Å². The van der Waals surface area contributed by atoms with Crippen molar-refractivity contribution in [2.75, 3.05) is 0 Å². The number of carboxylic acid groups (broad SMARTS) is 1. The van der Waals surface area contributed by atoms with E-state index in [9.17, 15) is 14.0 Å². The van der Waals surface area contributed by atoms with E-state index in [-0.39, 0.29) is 16.6 Å². The lowest BCUT2D eigenvalue weighted by Crippen LogP contribution is -2.19. The second-order valence-corrected chi connectivity index (χ2v) is 4.34. The molecule has 19 heavy (non-hydrogen) atoms. The number of nitrogens with zero attached hydrogens (tertiary/aromatic N) is 1. The maximum absolute atomic E-state index is 13.9. The summed E-state index contributed by atoms with van der Waals surface area (Å²) in [6.45, 7) is 2.33. The van der Waals surface area contributed by atoms with Crippen LogP contribution < -0.4 is 5.43 Å². The predicted octanol–water partition coefficient (Wildman–Crippen LogP) is 2.64. The van der Waals surface area contributed by atoms with Crippen LogP contribution in [0.25, 0.3) is 10.9 Å². The SMILES string of the molecule is CCCCn1c(C(=O)O)cc(=O)c2cccc(F)c21. The number of aryl methyl sites for hydroxylation is 1.